The number of nitrogens with one attached hydrogen (secondary N) is 2. The molecule has 0 saturated heterocycles. The lowest BCUT2D eigenvalue weighted by atomic mass is 9.88. The number of rotatable bonds is 7. The molecular formula is C23H21BrN2O5S2. The van der Waals surface area contributed by atoms with E-state index in [0.29, 0.717) is 9.47 Å². The van der Waals surface area contributed by atoms with Crippen molar-refractivity contribution in [3.05, 3.63) is 81.1 Å². The van der Waals surface area contributed by atoms with E-state index >= 15 is 0 Å². The Morgan fingerprint density at radius 3 is 2.55 bits per heavy atom. The average molecular weight is 549 g/mol. The Hall–Kier alpha value is -2.69. The Kier molecular flexibility index (Phi) is 7.16. The van der Waals surface area contributed by atoms with Crippen molar-refractivity contribution < 1.29 is 22.7 Å². The summed E-state index contributed by atoms with van der Waals surface area (Å²) in [7, 11) is -3.71. The minimum absolute atomic E-state index is 0.0857. The summed E-state index contributed by atoms with van der Waals surface area (Å²) in [6.45, 7) is -0.390. The molecule has 0 saturated carbocycles. The Morgan fingerprint density at radius 1 is 1.06 bits per heavy atom. The molecule has 0 spiro atoms. The molecule has 0 fully saturated rings. The Morgan fingerprint density at radius 2 is 1.82 bits per heavy atom. The van der Waals surface area contributed by atoms with Crippen molar-refractivity contribution in [2.75, 3.05) is 11.3 Å². The van der Waals surface area contributed by atoms with E-state index in [1.54, 1.807) is 6.07 Å². The zero-order chi connectivity index (χ0) is 23.4. The van der Waals surface area contributed by atoms with E-state index in [-0.39, 0.29) is 28.3 Å². The van der Waals surface area contributed by atoms with Crippen LogP contribution < -0.4 is 10.0 Å². The number of aryl methyl sites for hydroxylation is 1. The van der Waals surface area contributed by atoms with E-state index in [2.05, 4.69) is 32.0 Å². The third kappa shape index (κ3) is 5.82. The van der Waals surface area contributed by atoms with Crippen molar-refractivity contribution >= 4 is 54.9 Å². The molecule has 4 rings (SSSR count). The lowest BCUT2D eigenvalue weighted by Crippen LogP contribution is -2.34. The third-order valence-electron chi connectivity index (χ3n) is 5.23. The van der Waals surface area contributed by atoms with Crippen LogP contribution in [0.5, 0.6) is 0 Å². The molecule has 1 heterocycles. The zero-order valence-corrected chi connectivity index (χ0v) is 20.6. The van der Waals surface area contributed by atoms with Gasteiger partial charge < -0.3 is 10.1 Å². The highest BCUT2D eigenvalue weighted by atomic mass is 79.9. The minimum Gasteiger partial charge on any atom is -0.452 e. The average Bonchev–Trinajstić information content (AvgIpc) is 3.25. The number of fused-ring (bicyclic) bond motifs is 1. The first-order valence-electron chi connectivity index (χ1n) is 10.2. The second kappa shape index (κ2) is 10.1. The number of ether oxygens (including phenoxy) is 1. The molecule has 1 aliphatic rings. The lowest BCUT2D eigenvalue weighted by molar-refractivity contribution is -0.125. The summed E-state index contributed by atoms with van der Waals surface area (Å²) in [4.78, 5) is 24.7. The minimum atomic E-state index is -3.71. The fourth-order valence-corrected chi connectivity index (χ4v) is 6.74. The fourth-order valence-electron chi connectivity index (χ4n) is 3.68. The topological polar surface area (TPSA) is 102 Å². The number of thiophene rings is 1. The largest absolute Gasteiger partial charge is 0.452 e. The first-order valence-corrected chi connectivity index (χ1v) is 13.3. The monoisotopic (exact) mass is 548 g/mol. The van der Waals surface area contributed by atoms with Crippen LogP contribution in [0.3, 0.4) is 0 Å². The molecule has 2 N–H and O–H groups in total. The molecule has 7 nitrogen and oxygen atoms in total. The quantitative estimate of drug-likeness (QED) is 0.418. The maximum atomic E-state index is 12.4. The summed E-state index contributed by atoms with van der Waals surface area (Å²) in [6.07, 6.45) is 2.83. The van der Waals surface area contributed by atoms with E-state index in [4.69, 9.17) is 4.74 Å². The van der Waals surface area contributed by atoms with Crippen LogP contribution in [0.2, 0.25) is 0 Å². The maximum Gasteiger partial charge on any atom is 0.338 e. The smallest absolute Gasteiger partial charge is 0.338 e. The number of amides is 1. The number of hydrogen-bond acceptors (Lipinski definition) is 6. The van der Waals surface area contributed by atoms with Gasteiger partial charge >= 0.3 is 5.97 Å². The van der Waals surface area contributed by atoms with Crippen LogP contribution in [0.25, 0.3) is 0 Å². The molecule has 0 bridgehead atoms. The Bertz CT molecular complexity index is 1270. The van der Waals surface area contributed by atoms with Gasteiger partial charge in [-0.2, -0.15) is 0 Å². The summed E-state index contributed by atoms with van der Waals surface area (Å²) in [5.74, 6) is -1.03. The summed E-state index contributed by atoms with van der Waals surface area (Å²) in [5.41, 5.74) is 2.86. The highest BCUT2D eigenvalue weighted by molar-refractivity contribution is 9.11. The van der Waals surface area contributed by atoms with Crippen molar-refractivity contribution in [2.24, 2.45) is 0 Å². The van der Waals surface area contributed by atoms with Gasteiger partial charge in [-0.05, 0) is 82.7 Å². The molecule has 172 valence electrons. The van der Waals surface area contributed by atoms with Gasteiger partial charge in [-0.15, -0.1) is 11.3 Å². The number of benzene rings is 2. The van der Waals surface area contributed by atoms with E-state index < -0.39 is 16.0 Å². The number of anilines is 1. The predicted octanol–water partition coefficient (Wildman–Crippen LogP) is 4.66. The van der Waals surface area contributed by atoms with Gasteiger partial charge in [0.1, 0.15) is 4.21 Å². The first-order chi connectivity index (χ1) is 15.8. The van der Waals surface area contributed by atoms with Gasteiger partial charge in [-0.3, -0.25) is 9.52 Å². The Balaban J connectivity index is 1.31. The summed E-state index contributed by atoms with van der Waals surface area (Å²) >= 11 is 4.34. The molecule has 3 aromatic rings. The van der Waals surface area contributed by atoms with E-state index in [1.807, 2.05) is 18.2 Å². The number of hydrogen-bond donors (Lipinski definition) is 2. The molecule has 0 radical (unpaired) electrons. The molecule has 1 unspecified atom stereocenters. The van der Waals surface area contributed by atoms with Gasteiger partial charge in [0.2, 0.25) is 0 Å². The summed E-state index contributed by atoms with van der Waals surface area (Å²) < 4.78 is 33.3. The van der Waals surface area contributed by atoms with Gasteiger partial charge in [-0.25, -0.2) is 13.2 Å². The van der Waals surface area contributed by atoms with Crippen LogP contribution in [0.4, 0.5) is 5.69 Å². The van der Waals surface area contributed by atoms with Gasteiger partial charge in [-0.1, -0.05) is 24.3 Å². The highest BCUT2D eigenvalue weighted by Crippen LogP contribution is 2.29. The van der Waals surface area contributed by atoms with Crippen LogP contribution in [0.15, 0.2) is 68.7 Å². The number of carbonyl (C=O) groups is 2. The Labute approximate surface area is 204 Å². The number of sulfonamides is 1. The van der Waals surface area contributed by atoms with Gasteiger partial charge in [0.15, 0.2) is 6.61 Å². The van der Waals surface area contributed by atoms with E-state index in [1.165, 1.54) is 35.9 Å². The molecule has 1 aromatic heterocycles. The molecule has 2 aromatic carbocycles. The standard InChI is InChI=1S/C23H21BrN2O5S2/c24-20-12-13-22(32-20)33(29,30)26-17-10-8-16(9-11-17)23(28)31-14-21(27)25-19-7-3-5-15-4-1-2-6-18(15)19/h1-2,4,6,8-13,19,26H,3,5,7,14H2,(H,25,27). The third-order valence-corrected chi connectivity index (χ3v) is 8.72. The molecule has 33 heavy (non-hydrogen) atoms. The van der Waals surface area contributed by atoms with Crippen molar-refractivity contribution in [3.63, 3.8) is 0 Å². The van der Waals surface area contributed by atoms with E-state index in [0.717, 1.165) is 36.2 Å². The molecule has 1 amide bonds. The van der Waals surface area contributed by atoms with Gasteiger partial charge in [0.05, 0.1) is 15.4 Å². The molecule has 1 aliphatic carbocycles. The first kappa shape index (κ1) is 23.5. The second-order valence-electron chi connectivity index (χ2n) is 7.53. The summed E-state index contributed by atoms with van der Waals surface area (Å²) in [6, 6.07) is 16.9. The van der Waals surface area contributed by atoms with E-state index in [9.17, 15) is 18.0 Å². The molecule has 1 atom stereocenters. The van der Waals surface area contributed by atoms with Crippen LogP contribution in [-0.2, 0) is 26.0 Å². The number of halogens is 1. The second-order valence-corrected chi connectivity index (χ2v) is 11.9. The maximum absolute atomic E-state index is 12.4. The summed E-state index contributed by atoms with van der Waals surface area (Å²) in [5, 5.41) is 2.94. The van der Waals surface area contributed by atoms with Crippen LogP contribution in [-0.4, -0.2) is 26.9 Å². The van der Waals surface area contributed by atoms with Crippen molar-refractivity contribution in [3.8, 4) is 0 Å². The highest BCUT2D eigenvalue weighted by Gasteiger charge is 2.22. The SMILES string of the molecule is O=C(COC(=O)c1ccc(NS(=O)(=O)c2ccc(Br)s2)cc1)NC1CCCc2ccccc21. The normalized spacial score (nSPS) is 15.4. The predicted molar refractivity (Wildman–Crippen MR) is 130 cm³/mol. The van der Waals surface area contributed by atoms with Crippen molar-refractivity contribution in [2.45, 2.75) is 29.5 Å². The van der Waals surface area contributed by atoms with Crippen LogP contribution in [0, 0.1) is 0 Å². The van der Waals surface area contributed by atoms with Crippen LogP contribution in [0.1, 0.15) is 40.4 Å². The number of esters is 1. The zero-order valence-electron chi connectivity index (χ0n) is 17.4. The van der Waals surface area contributed by atoms with Gasteiger partial charge in [0, 0.05) is 5.69 Å². The molecular weight excluding hydrogens is 528 g/mol. The molecule has 10 heteroatoms. The molecule has 0 aliphatic heterocycles. The fraction of sp³-hybridized carbons (Fsp3) is 0.217. The van der Waals surface area contributed by atoms with Crippen molar-refractivity contribution in [1.82, 2.24) is 5.32 Å². The van der Waals surface area contributed by atoms with Gasteiger partial charge in [0.25, 0.3) is 15.9 Å². The van der Waals surface area contributed by atoms with Crippen molar-refractivity contribution in [1.29, 1.82) is 0 Å². The number of carbonyl (C=O) groups excluding carboxylic acids is 2. The lowest BCUT2D eigenvalue weighted by Gasteiger charge is -2.26. The van der Waals surface area contributed by atoms with Crippen LogP contribution >= 0.6 is 27.3 Å².